The van der Waals surface area contributed by atoms with E-state index in [4.69, 9.17) is 37.5 Å². The van der Waals surface area contributed by atoms with Crippen LogP contribution in [-0.4, -0.2) is 34.0 Å². The predicted molar refractivity (Wildman–Crippen MR) is 104 cm³/mol. The van der Waals surface area contributed by atoms with Gasteiger partial charge < -0.3 is 42.8 Å². The summed E-state index contributed by atoms with van der Waals surface area (Å²) in [6.45, 7) is 0.0726. The molecule has 0 unspecified atom stereocenters. The van der Waals surface area contributed by atoms with Crippen LogP contribution >= 0.6 is 8.60 Å². The standard InChI is InChI=1S/C8H13N5O.C7H10NO4P/c9-4-3-7(14)12-6-2-1-5(10)8(11)13-6;8-6-3-1-2-4-7(6)11-5-12-13(9)10/h1-2H,3-4,9-10H2,(H3,11,12,13,14);1-4,9-10H,5,8H2. The molecule has 0 spiro atoms. The summed E-state index contributed by atoms with van der Waals surface area (Å²) in [5.74, 6) is 0.856. The maximum absolute atomic E-state index is 11.1. The van der Waals surface area contributed by atoms with E-state index in [2.05, 4.69) is 14.8 Å². The zero-order valence-corrected chi connectivity index (χ0v) is 15.3. The Hall–Kier alpha value is -2.69. The lowest BCUT2D eigenvalue weighted by Crippen LogP contribution is -2.17. The Labute approximate surface area is 157 Å². The highest BCUT2D eigenvalue weighted by molar-refractivity contribution is 7.39. The number of nitrogen functional groups attached to an aromatic ring is 3. The van der Waals surface area contributed by atoms with Gasteiger partial charge in [0, 0.05) is 13.0 Å². The van der Waals surface area contributed by atoms with Crippen molar-refractivity contribution in [1.82, 2.24) is 4.98 Å². The van der Waals surface area contributed by atoms with Gasteiger partial charge in [-0.25, -0.2) is 4.98 Å². The first kappa shape index (κ1) is 22.4. The van der Waals surface area contributed by atoms with E-state index in [1.165, 1.54) is 0 Å². The largest absolute Gasteiger partial charge is 0.465 e. The van der Waals surface area contributed by atoms with Gasteiger partial charge in [0.25, 0.3) is 0 Å². The molecule has 1 aromatic carbocycles. The van der Waals surface area contributed by atoms with Crippen molar-refractivity contribution in [3.63, 3.8) is 0 Å². The summed E-state index contributed by atoms with van der Waals surface area (Å²) in [4.78, 5) is 31.8. The molecule has 0 aliphatic carbocycles. The molecule has 0 aliphatic rings. The second-order valence-corrected chi connectivity index (χ2v) is 5.70. The Balaban J connectivity index is 0.000000271. The molecule has 1 aromatic heterocycles. The van der Waals surface area contributed by atoms with Gasteiger partial charge in [-0.2, -0.15) is 0 Å². The molecule has 2 aromatic rings. The van der Waals surface area contributed by atoms with Gasteiger partial charge in [0.1, 0.15) is 17.4 Å². The number of nitrogens with zero attached hydrogens (tertiary/aromatic N) is 1. The molecule has 11 nitrogen and oxygen atoms in total. The molecule has 12 heteroatoms. The number of anilines is 4. The van der Waals surface area contributed by atoms with Crippen LogP contribution in [0.25, 0.3) is 0 Å². The average molecular weight is 398 g/mol. The van der Waals surface area contributed by atoms with Crippen molar-refractivity contribution < 1.29 is 23.8 Å². The van der Waals surface area contributed by atoms with Gasteiger partial charge in [0.2, 0.25) is 5.91 Å². The molecule has 0 bridgehead atoms. The van der Waals surface area contributed by atoms with Crippen molar-refractivity contribution in [2.75, 3.05) is 35.9 Å². The molecule has 11 N–H and O–H groups in total. The van der Waals surface area contributed by atoms with Gasteiger partial charge in [0.05, 0.1) is 11.4 Å². The number of para-hydroxylation sites is 2. The number of nitrogens with two attached hydrogens (primary N) is 4. The monoisotopic (exact) mass is 398 g/mol. The molecule has 148 valence electrons. The second kappa shape index (κ2) is 11.8. The quantitative estimate of drug-likeness (QED) is 0.194. The van der Waals surface area contributed by atoms with Gasteiger partial charge in [-0.1, -0.05) is 12.1 Å². The van der Waals surface area contributed by atoms with E-state index < -0.39 is 8.60 Å². The van der Waals surface area contributed by atoms with Crippen LogP contribution in [0, 0.1) is 0 Å². The molecule has 0 saturated heterocycles. The molecule has 0 saturated carbocycles. The number of benzene rings is 1. The molecule has 0 radical (unpaired) electrons. The molecule has 0 atom stereocenters. The van der Waals surface area contributed by atoms with Gasteiger partial charge in [-0.05, 0) is 24.3 Å². The van der Waals surface area contributed by atoms with Crippen LogP contribution < -0.4 is 33.0 Å². The summed E-state index contributed by atoms with van der Waals surface area (Å²) < 4.78 is 9.40. The van der Waals surface area contributed by atoms with Crippen LogP contribution in [0.15, 0.2) is 36.4 Å². The lowest BCUT2D eigenvalue weighted by molar-refractivity contribution is -0.116. The number of carbonyl (C=O) groups is 1. The van der Waals surface area contributed by atoms with Gasteiger partial charge in [-0.15, -0.1) is 0 Å². The first-order chi connectivity index (χ1) is 12.8. The summed E-state index contributed by atoms with van der Waals surface area (Å²) in [5.41, 5.74) is 22.5. The van der Waals surface area contributed by atoms with Crippen LogP contribution in [0.3, 0.4) is 0 Å². The fraction of sp³-hybridized carbons (Fsp3) is 0.200. The minimum absolute atomic E-state index is 0.191. The SMILES string of the molecule is NCCC(=O)Nc1ccc(N)c(N)n1.Nc1ccccc1OCOP(O)O. The molecule has 2 rings (SSSR count). The average Bonchev–Trinajstić information content (AvgIpc) is 2.60. The lowest BCUT2D eigenvalue weighted by Gasteiger charge is -2.08. The van der Waals surface area contributed by atoms with E-state index in [0.717, 1.165) is 0 Å². The first-order valence-electron chi connectivity index (χ1n) is 7.63. The van der Waals surface area contributed by atoms with Crippen LogP contribution in [0.1, 0.15) is 6.42 Å². The van der Waals surface area contributed by atoms with E-state index in [-0.39, 0.29) is 24.9 Å². The molecular weight excluding hydrogens is 375 g/mol. The molecule has 1 heterocycles. The second-order valence-electron chi connectivity index (χ2n) is 4.94. The first-order valence-corrected chi connectivity index (χ1v) is 8.80. The van der Waals surface area contributed by atoms with Crippen LogP contribution in [0.2, 0.25) is 0 Å². The van der Waals surface area contributed by atoms with Crippen molar-refractivity contribution in [3.05, 3.63) is 36.4 Å². The number of carbonyl (C=O) groups excluding carboxylic acids is 1. The maximum atomic E-state index is 11.1. The van der Waals surface area contributed by atoms with E-state index in [1.807, 2.05) is 0 Å². The topological polar surface area (TPSA) is 205 Å². The molecule has 0 aliphatic heterocycles. The number of rotatable bonds is 7. The summed E-state index contributed by atoms with van der Waals surface area (Å²) in [6, 6.07) is 10.0. The minimum atomic E-state index is -2.37. The molecule has 0 fully saturated rings. The van der Waals surface area contributed by atoms with Crippen LogP contribution in [0.4, 0.5) is 23.0 Å². The fourth-order valence-electron chi connectivity index (χ4n) is 1.64. The van der Waals surface area contributed by atoms with E-state index >= 15 is 0 Å². The van der Waals surface area contributed by atoms with Crippen molar-refractivity contribution in [1.29, 1.82) is 0 Å². The number of aromatic nitrogens is 1. The minimum Gasteiger partial charge on any atom is -0.465 e. The van der Waals surface area contributed by atoms with Gasteiger partial charge >= 0.3 is 8.60 Å². The van der Waals surface area contributed by atoms with Crippen molar-refractivity contribution in [2.24, 2.45) is 5.73 Å². The normalized spacial score (nSPS) is 10.1. The fourth-order valence-corrected chi connectivity index (χ4v) is 1.79. The highest BCUT2D eigenvalue weighted by Crippen LogP contribution is 2.25. The van der Waals surface area contributed by atoms with Gasteiger partial charge in [0.15, 0.2) is 6.79 Å². The van der Waals surface area contributed by atoms with Crippen molar-refractivity contribution in [2.45, 2.75) is 6.42 Å². The number of hydrogen-bond donors (Lipinski definition) is 7. The Morgan fingerprint density at radius 2 is 1.81 bits per heavy atom. The zero-order valence-electron chi connectivity index (χ0n) is 14.4. The van der Waals surface area contributed by atoms with Crippen molar-refractivity contribution in [3.8, 4) is 5.75 Å². The molecule has 1 amide bonds. The van der Waals surface area contributed by atoms with Crippen LogP contribution in [-0.2, 0) is 9.32 Å². The zero-order chi connectivity index (χ0) is 20.2. The van der Waals surface area contributed by atoms with E-state index in [0.29, 0.717) is 29.5 Å². The number of nitrogens with one attached hydrogen (secondary N) is 1. The third-order valence-electron chi connectivity index (χ3n) is 2.90. The summed E-state index contributed by atoms with van der Waals surface area (Å²) in [7, 11) is -2.37. The Morgan fingerprint density at radius 1 is 1.11 bits per heavy atom. The smallest absolute Gasteiger partial charge is 0.330 e. The third-order valence-corrected chi connectivity index (χ3v) is 3.23. The van der Waals surface area contributed by atoms with E-state index in [1.54, 1.807) is 36.4 Å². The summed E-state index contributed by atoms with van der Waals surface area (Å²) >= 11 is 0. The number of pyridine rings is 1. The Morgan fingerprint density at radius 3 is 2.41 bits per heavy atom. The highest BCUT2D eigenvalue weighted by Gasteiger charge is 2.03. The van der Waals surface area contributed by atoms with Crippen molar-refractivity contribution >= 4 is 37.5 Å². The maximum Gasteiger partial charge on any atom is 0.330 e. The summed E-state index contributed by atoms with van der Waals surface area (Å²) in [5, 5.41) is 2.55. The molecular formula is C15H23N6O5P. The van der Waals surface area contributed by atoms with Crippen LogP contribution in [0.5, 0.6) is 5.75 Å². The third kappa shape index (κ3) is 8.99. The lowest BCUT2D eigenvalue weighted by atomic mass is 10.3. The number of ether oxygens (including phenoxy) is 1. The van der Waals surface area contributed by atoms with Gasteiger partial charge in [-0.3, -0.25) is 9.32 Å². The van der Waals surface area contributed by atoms with E-state index in [9.17, 15) is 4.79 Å². The number of hydrogen-bond acceptors (Lipinski definition) is 10. The summed E-state index contributed by atoms with van der Waals surface area (Å²) in [6.07, 6.45) is 0.256. The Kier molecular flexibility index (Phi) is 9.80. The predicted octanol–water partition coefficient (Wildman–Crippen LogP) is 0.367. The highest BCUT2D eigenvalue weighted by atomic mass is 31.2. The molecule has 27 heavy (non-hydrogen) atoms. The Bertz CT molecular complexity index is 734. The number of amides is 1.